The Hall–Kier alpha value is -0.910. The van der Waals surface area contributed by atoms with Crippen LogP contribution in [0.3, 0.4) is 0 Å². The molecule has 0 aromatic heterocycles. The molecule has 20 heavy (non-hydrogen) atoms. The van der Waals surface area contributed by atoms with E-state index in [2.05, 4.69) is 26.0 Å². The van der Waals surface area contributed by atoms with Crippen LogP contribution in [0.4, 0.5) is 18.9 Å². The Morgan fingerprint density at radius 1 is 1.30 bits per heavy atom. The van der Waals surface area contributed by atoms with Crippen LogP contribution in [0.1, 0.15) is 32.6 Å². The van der Waals surface area contributed by atoms with Crippen LogP contribution in [0.15, 0.2) is 22.7 Å². The Balaban J connectivity index is 2.13. The van der Waals surface area contributed by atoms with Crippen molar-refractivity contribution in [1.82, 2.24) is 0 Å². The topological polar surface area (TPSA) is 21.3 Å². The van der Waals surface area contributed by atoms with E-state index in [0.717, 1.165) is 12.8 Å². The van der Waals surface area contributed by atoms with E-state index in [-0.39, 0.29) is 11.8 Å². The fourth-order valence-corrected chi connectivity index (χ4v) is 2.99. The normalized spacial score (nSPS) is 18.1. The second-order valence-corrected chi connectivity index (χ2v) is 6.08. The zero-order valence-corrected chi connectivity index (χ0v) is 12.7. The van der Waals surface area contributed by atoms with Crippen LogP contribution < -0.4 is 10.1 Å². The third-order valence-corrected chi connectivity index (χ3v) is 4.15. The highest BCUT2D eigenvalue weighted by molar-refractivity contribution is 9.10. The van der Waals surface area contributed by atoms with Crippen LogP contribution in [-0.2, 0) is 0 Å². The molecule has 0 amide bonds. The molecule has 1 fully saturated rings. The summed E-state index contributed by atoms with van der Waals surface area (Å²) in [6.07, 6.45) is -0.0417. The molecule has 1 aliphatic rings. The maximum Gasteiger partial charge on any atom is 0.573 e. The lowest BCUT2D eigenvalue weighted by Crippen LogP contribution is -2.25. The van der Waals surface area contributed by atoms with Crippen molar-refractivity contribution in [1.29, 1.82) is 0 Å². The van der Waals surface area contributed by atoms with Gasteiger partial charge in [0.25, 0.3) is 0 Å². The number of benzene rings is 1. The predicted molar refractivity (Wildman–Crippen MR) is 75.9 cm³/mol. The fourth-order valence-electron chi connectivity index (χ4n) is 2.65. The smallest absolute Gasteiger partial charge is 0.404 e. The summed E-state index contributed by atoms with van der Waals surface area (Å²) in [6.45, 7) is 2.01. The lowest BCUT2D eigenvalue weighted by Gasteiger charge is -2.23. The van der Waals surface area contributed by atoms with Gasteiger partial charge >= 0.3 is 6.36 Å². The number of hydrogen-bond donors (Lipinski definition) is 1. The molecule has 112 valence electrons. The first-order chi connectivity index (χ1) is 9.35. The molecular weight excluding hydrogens is 335 g/mol. The van der Waals surface area contributed by atoms with Crippen molar-refractivity contribution in [3.05, 3.63) is 22.7 Å². The van der Waals surface area contributed by atoms with Crippen LogP contribution in [0.5, 0.6) is 5.75 Å². The molecule has 1 aromatic carbocycles. The quantitative estimate of drug-likeness (QED) is 0.790. The van der Waals surface area contributed by atoms with Crippen LogP contribution in [0.25, 0.3) is 0 Å². The van der Waals surface area contributed by atoms with Gasteiger partial charge in [0, 0.05) is 10.5 Å². The first kappa shape index (κ1) is 15.5. The van der Waals surface area contributed by atoms with Crippen molar-refractivity contribution < 1.29 is 17.9 Å². The Morgan fingerprint density at radius 2 is 1.95 bits per heavy atom. The van der Waals surface area contributed by atoms with E-state index in [1.54, 1.807) is 12.1 Å². The summed E-state index contributed by atoms with van der Waals surface area (Å²) in [5, 5.41) is 3.16. The molecule has 2 nitrogen and oxygen atoms in total. The van der Waals surface area contributed by atoms with E-state index in [9.17, 15) is 13.2 Å². The van der Waals surface area contributed by atoms with Gasteiger partial charge in [0.05, 0.1) is 5.69 Å². The molecule has 1 saturated carbocycles. The summed E-state index contributed by atoms with van der Waals surface area (Å²) in [7, 11) is 0. The summed E-state index contributed by atoms with van der Waals surface area (Å²) in [4.78, 5) is 0. The van der Waals surface area contributed by atoms with Crippen LogP contribution in [0.2, 0.25) is 0 Å². The first-order valence-electron chi connectivity index (χ1n) is 6.67. The highest BCUT2D eigenvalue weighted by Crippen LogP contribution is 2.35. The number of nitrogens with one attached hydrogen (secondary N) is 1. The van der Waals surface area contributed by atoms with Gasteiger partial charge in [-0.3, -0.25) is 0 Å². The third kappa shape index (κ3) is 4.30. The van der Waals surface area contributed by atoms with Gasteiger partial charge in [-0.25, -0.2) is 0 Å². The maximum absolute atomic E-state index is 12.4. The number of halogens is 4. The molecule has 0 heterocycles. The van der Waals surface area contributed by atoms with Gasteiger partial charge in [-0.1, -0.05) is 28.8 Å². The number of anilines is 1. The molecule has 1 aromatic rings. The minimum Gasteiger partial charge on any atom is -0.404 e. The fraction of sp³-hybridized carbons (Fsp3) is 0.571. The molecule has 0 bridgehead atoms. The predicted octanol–water partition coefficient (Wildman–Crippen LogP) is 5.34. The van der Waals surface area contributed by atoms with Crippen LogP contribution in [0, 0.1) is 5.92 Å². The van der Waals surface area contributed by atoms with Crippen molar-refractivity contribution >= 4 is 21.6 Å². The SMILES string of the molecule is CC(Nc1ccc(Br)cc1OC(F)(F)F)C1CCCC1. The molecule has 6 heteroatoms. The summed E-state index contributed by atoms with van der Waals surface area (Å²) >= 11 is 3.16. The van der Waals surface area contributed by atoms with Gasteiger partial charge in [-0.15, -0.1) is 13.2 Å². The van der Waals surface area contributed by atoms with E-state index in [0.29, 0.717) is 16.1 Å². The van der Waals surface area contributed by atoms with E-state index >= 15 is 0 Å². The molecule has 1 atom stereocenters. The minimum atomic E-state index is -4.69. The Labute approximate surface area is 124 Å². The number of alkyl halides is 3. The monoisotopic (exact) mass is 351 g/mol. The van der Waals surface area contributed by atoms with Gasteiger partial charge in [0.1, 0.15) is 0 Å². The lowest BCUT2D eigenvalue weighted by atomic mass is 9.99. The molecule has 0 spiro atoms. The molecule has 1 N–H and O–H groups in total. The van der Waals surface area contributed by atoms with E-state index < -0.39 is 6.36 Å². The molecule has 0 saturated heterocycles. The van der Waals surface area contributed by atoms with E-state index in [4.69, 9.17) is 0 Å². The average Bonchev–Trinajstić information content (AvgIpc) is 2.84. The summed E-state index contributed by atoms with van der Waals surface area (Å²) < 4.78 is 41.9. The van der Waals surface area contributed by atoms with Crippen LogP contribution >= 0.6 is 15.9 Å². The summed E-state index contributed by atoms with van der Waals surface area (Å²) in [6, 6.07) is 4.77. The summed E-state index contributed by atoms with van der Waals surface area (Å²) in [5.41, 5.74) is 0.380. The summed E-state index contributed by atoms with van der Waals surface area (Å²) in [5.74, 6) is 0.314. The highest BCUT2D eigenvalue weighted by atomic mass is 79.9. The molecule has 0 aliphatic heterocycles. The van der Waals surface area contributed by atoms with Crippen molar-refractivity contribution in [2.24, 2.45) is 5.92 Å². The zero-order valence-electron chi connectivity index (χ0n) is 11.1. The minimum absolute atomic E-state index is 0.134. The van der Waals surface area contributed by atoms with Crippen molar-refractivity contribution in [2.75, 3.05) is 5.32 Å². The molecular formula is C14H17BrF3NO. The van der Waals surface area contributed by atoms with Gasteiger partial charge in [0.2, 0.25) is 0 Å². The third-order valence-electron chi connectivity index (χ3n) is 3.66. The second kappa shape index (κ2) is 6.24. The van der Waals surface area contributed by atoms with Gasteiger partial charge in [0.15, 0.2) is 5.75 Å². The van der Waals surface area contributed by atoms with Crippen molar-refractivity contribution in [3.8, 4) is 5.75 Å². The molecule has 0 radical (unpaired) electrons. The standard InChI is InChI=1S/C14H17BrF3NO/c1-9(10-4-2-3-5-10)19-12-7-6-11(15)8-13(12)20-14(16,17)18/h6-10,19H,2-5H2,1H3. The number of rotatable bonds is 4. The Bertz CT molecular complexity index is 458. The van der Waals surface area contributed by atoms with Gasteiger partial charge in [-0.05, 0) is 43.9 Å². The number of hydrogen-bond acceptors (Lipinski definition) is 2. The first-order valence-corrected chi connectivity index (χ1v) is 7.46. The Morgan fingerprint density at radius 3 is 2.55 bits per heavy atom. The lowest BCUT2D eigenvalue weighted by molar-refractivity contribution is -0.274. The highest BCUT2D eigenvalue weighted by Gasteiger charge is 2.32. The average molecular weight is 352 g/mol. The molecule has 1 aliphatic carbocycles. The van der Waals surface area contributed by atoms with E-state index in [1.165, 1.54) is 18.9 Å². The van der Waals surface area contributed by atoms with Crippen molar-refractivity contribution in [3.63, 3.8) is 0 Å². The maximum atomic E-state index is 12.4. The second-order valence-electron chi connectivity index (χ2n) is 5.17. The zero-order chi connectivity index (χ0) is 14.8. The molecule has 1 unspecified atom stereocenters. The van der Waals surface area contributed by atoms with Gasteiger partial charge in [-0.2, -0.15) is 0 Å². The van der Waals surface area contributed by atoms with Gasteiger partial charge < -0.3 is 10.1 Å². The van der Waals surface area contributed by atoms with Crippen molar-refractivity contribution in [2.45, 2.75) is 45.0 Å². The van der Waals surface area contributed by atoms with Crippen LogP contribution in [-0.4, -0.2) is 12.4 Å². The Kier molecular flexibility index (Phi) is 4.83. The molecule has 2 rings (SSSR count). The number of ether oxygens (including phenoxy) is 1. The van der Waals surface area contributed by atoms with E-state index in [1.807, 2.05) is 6.92 Å². The largest absolute Gasteiger partial charge is 0.573 e.